The van der Waals surface area contributed by atoms with E-state index in [2.05, 4.69) is 9.97 Å². The Balaban J connectivity index is 0.000000845. The Morgan fingerprint density at radius 3 is 1.75 bits per heavy atom. The highest BCUT2D eigenvalue weighted by molar-refractivity contribution is 5.78. The average Bonchev–Trinajstić information content (AvgIpc) is 2.07. The van der Waals surface area contributed by atoms with E-state index in [4.69, 9.17) is 11.5 Å². The Kier molecular flexibility index (Phi) is 1.33. The van der Waals surface area contributed by atoms with Crippen LogP contribution in [0.25, 0.3) is 11.0 Å². The van der Waals surface area contributed by atoms with Gasteiger partial charge < -0.3 is 11.5 Å². The maximum atomic E-state index is 5.49. The van der Waals surface area contributed by atoms with Crippen LogP contribution in [0.3, 0.4) is 0 Å². The van der Waals surface area contributed by atoms with Gasteiger partial charge in [-0.05, 0) is 12.1 Å². The van der Waals surface area contributed by atoms with E-state index in [1.54, 1.807) is 0 Å². The molecule has 1 aromatic heterocycles. The topological polar surface area (TPSA) is 77.8 Å². The van der Waals surface area contributed by atoms with Crippen molar-refractivity contribution in [3.05, 3.63) is 24.3 Å². The third-order valence-corrected chi connectivity index (χ3v) is 1.63. The molecule has 0 amide bonds. The average molecular weight is 161 g/mol. The summed E-state index contributed by atoms with van der Waals surface area (Å²) in [6.45, 7) is 0. The van der Waals surface area contributed by atoms with Crippen LogP contribution in [-0.4, -0.2) is 9.97 Å². The molecular formula is C8H9N4+. The minimum Gasteiger partial charge on any atom is -0.381 e. The molecule has 0 aliphatic heterocycles. The molecule has 2 rings (SSSR count). The number of fused-ring (bicyclic) bond motifs is 1. The highest BCUT2D eigenvalue weighted by Crippen LogP contribution is 2.14. The number of para-hydroxylation sites is 2. The van der Waals surface area contributed by atoms with E-state index in [1.165, 1.54) is 0 Å². The van der Waals surface area contributed by atoms with E-state index in [-0.39, 0.29) is 13.1 Å². The van der Waals surface area contributed by atoms with Gasteiger partial charge in [0.15, 0.2) is 11.6 Å². The summed E-state index contributed by atoms with van der Waals surface area (Å²) in [6, 6.07) is 7.45. The number of hydrogen-bond donors (Lipinski definition) is 2. The maximum Gasteiger partial charge on any atom is 1.00 e. The molecule has 12 heavy (non-hydrogen) atoms. The Hall–Kier alpha value is -1.84. The van der Waals surface area contributed by atoms with Crippen molar-refractivity contribution in [2.45, 2.75) is 0 Å². The van der Waals surface area contributed by atoms with E-state index in [0.717, 1.165) is 11.0 Å². The van der Waals surface area contributed by atoms with Gasteiger partial charge in [0.25, 0.3) is 0 Å². The lowest BCUT2D eigenvalue weighted by atomic mass is 10.3. The van der Waals surface area contributed by atoms with Gasteiger partial charge in [-0.2, -0.15) is 0 Å². The van der Waals surface area contributed by atoms with Crippen molar-refractivity contribution in [1.82, 2.24) is 9.97 Å². The van der Waals surface area contributed by atoms with Crippen molar-refractivity contribution in [3.63, 3.8) is 0 Å². The number of nitrogen functional groups attached to an aromatic ring is 2. The molecule has 0 bridgehead atoms. The first-order valence-corrected chi connectivity index (χ1v) is 3.55. The van der Waals surface area contributed by atoms with Gasteiger partial charge in [-0.1, -0.05) is 12.1 Å². The first kappa shape index (κ1) is 6.84. The molecule has 0 unspecified atom stereocenters. The lowest BCUT2D eigenvalue weighted by Crippen LogP contribution is -2.00. The predicted molar refractivity (Wildman–Crippen MR) is 49.5 cm³/mol. The summed E-state index contributed by atoms with van der Waals surface area (Å²) < 4.78 is 0. The van der Waals surface area contributed by atoms with Gasteiger partial charge in [0, 0.05) is 0 Å². The van der Waals surface area contributed by atoms with Crippen molar-refractivity contribution in [1.29, 1.82) is 0 Å². The number of aromatic nitrogens is 2. The highest BCUT2D eigenvalue weighted by atomic mass is 15.0. The molecule has 0 radical (unpaired) electrons. The van der Waals surface area contributed by atoms with Gasteiger partial charge in [0.05, 0.1) is 11.0 Å². The molecule has 4 N–H and O–H groups in total. The fraction of sp³-hybridized carbons (Fsp3) is 0. The second-order valence-electron chi connectivity index (χ2n) is 2.48. The standard InChI is InChI=1S/C8H8N4/c9-7-8(10)12-6-4-2-1-3-5(6)11-7/h1-4H,(H2,9,11)(H2,10,12)/p+1. The van der Waals surface area contributed by atoms with Crippen LogP contribution in [0.2, 0.25) is 0 Å². The Morgan fingerprint density at radius 2 is 1.33 bits per heavy atom. The van der Waals surface area contributed by atoms with Gasteiger partial charge in [-0.3, -0.25) is 0 Å². The molecular weight excluding hydrogens is 152 g/mol. The van der Waals surface area contributed by atoms with Gasteiger partial charge in [-0.25, -0.2) is 9.97 Å². The SMILES string of the molecule is Nc1nc2ccccc2nc1N.[H+]. The maximum absolute atomic E-state index is 5.49. The van der Waals surface area contributed by atoms with E-state index < -0.39 is 0 Å². The number of nitrogens with zero attached hydrogens (tertiary/aromatic N) is 2. The van der Waals surface area contributed by atoms with Gasteiger partial charge >= 0.3 is 1.43 Å². The van der Waals surface area contributed by atoms with Crippen molar-refractivity contribution in [3.8, 4) is 0 Å². The van der Waals surface area contributed by atoms with Crippen molar-refractivity contribution < 1.29 is 1.43 Å². The van der Waals surface area contributed by atoms with Crippen LogP contribution in [0.15, 0.2) is 24.3 Å². The van der Waals surface area contributed by atoms with Crippen molar-refractivity contribution in [2.24, 2.45) is 0 Å². The van der Waals surface area contributed by atoms with Crippen LogP contribution in [0.5, 0.6) is 0 Å². The Labute approximate surface area is 70.7 Å². The highest BCUT2D eigenvalue weighted by Gasteiger charge is 1.99. The monoisotopic (exact) mass is 161 g/mol. The second kappa shape index (κ2) is 2.34. The molecule has 0 fully saturated rings. The van der Waals surface area contributed by atoms with E-state index >= 15 is 0 Å². The summed E-state index contributed by atoms with van der Waals surface area (Å²) in [7, 11) is 0. The molecule has 2 aromatic rings. The normalized spacial score (nSPS) is 10.3. The summed E-state index contributed by atoms with van der Waals surface area (Å²) in [5.41, 5.74) is 12.5. The smallest absolute Gasteiger partial charge is 0.381 e. The number of nitrogens with two attached hydrogens (primary N) is 2. The molecule has 4 nitrogen and oxygen atoms in total. The lowest BCUT2D eigenvalue weighted by molar-refractivity contribution is 1.31. The van der Waals surface area contributed by atoms with E-state index in [9.17, 15) is 0 Å². The Morgan fingerprint density at radius 1 is 0.917 bits per heavy atom. The summed E-state index contributed by atoms with van der Waals surface area (Å²) in [4.78, 5) is 8.13. The number of hydrogen-bond acceptors (Lipinski definition) is 4. The first-order valence-electron chi connectivity index (χ1n) is 3.55. The van der Waals surface area contributed by atoms with Crippen molar-refractivity contribution in [2.75, 3.05) is 11.5 Å². The van der Waals surface area contributed by atoms with Crippen LogP contribution in [0, 0.1) is 0 Å². The molecule has 0 saturated carbocycles. The third-order valence-electron chi connectivity index (χ3n) is 1.63. The lowest BCUT2D eigenvalue weighted by Gasteiger charge is -1.99. The number of anilines is 2. The van der Waals surface area contributed by atoms with Gasteiger partial charge in [0.2, 0.25) is 0 Å². The van der Waals surface area contributed by atoms with Crippen LogP contribution in [0.4, 0.5) is 11.6 Å². The largest absolute Gasteiger partial charge is 1.00 e. The summed E-state index contributed by atoms with van der Waals surface area (Å²) in [5.74, 6) is 0.572. The van der Waals surface area contributed by atoms with Gasteiger partial charge in [-0.15, -0.1) is 0 Å². The summed E-state index contributed by atoms with van der Waals surface area (Å²) in [5, 5.41) is 0. The van der Waals surface area contributed by atoms with Crippen LogP contribution < -0.4 is 11.5 Å². The predicted octanol–water partition coefficient (Wildman–Crippen LogP) is 0.907. The van der Waals surface area contributed by atoms with Crippen molar-refractivity contribution >= 4 is 22.7 Å². The summed E-state index contributed by atoms with van der Waals surface area (Å²) in [6.07, 6.45) is 0. The zero-order chi connectivity index (χ0) is 8.55. The summed E-state index contributed by atoms with van der Waals surface area (Å²) >= 11 is 0. The molecule has 1 heterocycles. The quantitative estimate of drug-likeness (QED) is 0.602. The molecule has 0 saturated heterocycles. The molecule has 0 spiro atoms. The zero-order valence-electron chi connectivity index (χ0n) is 7.36. The van der Waals surface area contributed by atoms with Crippen LogP contribution >= 0.6 is 0 Å². The minimum atomic E-state index is 0. The molecule has 0 aliphatic carbocycles. The number of rotatable bonds is 0. The third kappa shape index (κ3) is 0.934. The molecule has 4 heteroatoms. The van der Waals surface area contributed by atoms with Crippen LogP contribution in [-0.2, 0) is 0 Å². The molecule has 1 aromatic carbocycles. The fourth-order valence-electron chi connectivity index (χ4n) is 1.03. The van der Waals surface area contributed by atoms with E-state index in [1.807, 2.05) is 24.3 Å². The minimum absolute atomic E-state index is 0. The first-order chi connectivity index (χ1) is 5.77. The zero-order valence-corrected chi connectivity index (χ0v) is 6.36. The van der Waals surface area contributed by atoms with E-state index in [0.29, 0.717) is 0 Å². The van der Waals surface area contributed by atoms with Crippen LogP contribution in [0.1, 0.15) is 1.43 Å². The second-order valence-corrected chi connectivity index (χ2v) is 2.48. The Bertz CT molecular complexity index is 389. The molecule has 60 valence electrons. The molecule has 0 atom stereocenters. The van der Waals surface area contributed by atoms with Gasteiger partial charge in [0.1, 0.15) is 0 Å². The fourth-order valence-corrected chi connectivity index (χ4v) is 1.03. The molecule has 0 aliphatic rings. The number of benzene rings is 1.